The lowest BCUT2D eigenvalue weighted by atomic mass is 10.3. The molecule has 0 atom stereocenters. The number of aryl methyl sites for hydroxylation is 1. The Balaban J connectivity index is 2.37. The molecule has 0 radical (unpaired) electrons. The van der Waals surface area contributed by atoms with Crippen LogP contribution in [0, 0.1) is 6.92 Å². The summed E-state index contributed by atoms with van der Waals surface area (Å²) >= 11 is 0. The smallest absolute Gasteiger partial charge is 0.202 e. The van der Waals surface area contributed by atoms with Crippen molar-refractivity contribution >= 4 is 17.1 Å². The van der Waals surface area contributed by atoms with E-state index >= 15 is 0 Å². The summed E-state index contributed by atoms with van der Waals surface area (Å²) in [5, 5.41) is 0. The monoisotopic (exact) mass is 188 g/mol. The van der Waals surface area contributed by atoms with Gasteiger partial charge in [0.1, 0.15) is 5.52 Å². The molecule has 0 amide bonds. The number of nitrogens with two attached hydrogens (primary N) is 1. The summed E-state index contributed by atoms with van der Waals surface area (Å²) in [6, 6.07) is 2.50. The van der Waals surface area contributed by atoms with E-state index in [4.69, 9.17) is 5.73 Å². The van der Waals surface area contributed by atoms with Gasteiger partial charge < -0.3 is 5.73 Å². The summed E-state index contributed by atoms with van der Waals surface area (Å²) in [7, 11) is 0. The predicted molar refractivity (Wildman–Crippen MR) is 54.9 cm³/mol. The average molecular weight is 188 g/mol. The van der Waals surface area contributed by atoms with E-state index in [9.17, 15) is 0 Å². The van der Waals surface area contributed by atoms with Gasteiger partial charge in [-0.15, -0.1) is 0 Å². The Kier molecular flexibility index (Phi) is 1.37. The van der Waals surface area contributed by atoms with Crippen molar-refractivity contribution in [2.75, 3.05) is 5.73 Å². The number of imidazole rings is 1. The van der Waals surface area contributed by atoms with Crippen molar-refractivity contribution in [3.8, 4) is 0 Å². The van der Waals surface area contributed by atoms with Crippen molar-refractivity contribution in [3.05, 3.63) is 17.8 Å². The predicted octanol–water partition coefficient (Wildman–Crippen LogP) is 1.66. The quantitative estimate of drug-likeness (QED) is 0.740. The zero-order valence-corrected chi connectivity index (χ0v) is 8.07. The second kappa shape index (κ2) is 2.47. The molecular weight excluding hydrogens is 176 g/mol. The second-order valence-electron chi connectivity index (χ2n) is 3.87. The van der Waals surface area contributed by atoms with Crippen molar-refractivity contribution in [2.45, 2.75) is 25.8 Å². The Morgan fingerprint density at radius 3 is 3.00 bits per heavy atom. The van der Waals surface area contributed by atoms with Gasteiger partial charge in [-0.05, 0) is 31.4 Å². The molecule has 2 heterocycles. The minimum atomic E-state index is 0.536. The molecule has 4 heteroatoms. The van der Waals surface area contributed by atoms with Crippen LogP contribution in [0.15, 0.2) is 12.3 Å². The van der Waals surface area contributed by atoms with Crippen LogP contribution in [0.3, 0.4) is 0 Å². The second-order valence-corrected chi connectivity index (χ2v) is 3.87. The third-order valence-corrected chi connectivity index (χ3v) is 2.72. The van der Waals surface area contributed by atoms with Crippen molar-refractivity contribution < 1.29 is 0 Å². The number of fused-ring (bicyclic) bond motifs is 1. The molecule has 0 bridgehead atoms. The molecular formula is C10H12N4. The van der Waals surface area contributed by atoms with E-state index in [0.29, 0.717) is 12.0 Å². The number of aromatic nitrogens is 3. The van der Waals surface area contributed by atoms with Crippen LogP contribution < -0.4 is 5.73 Å². The van der Waals surface area contributed by atoms with Crippen LogP contribution in [0.25, 0.3) is 11.2 Å². The van der Waals surface area contributed by atoms with Gasteiger partial charge in [-0.25, -0.2) is 9.97 Å². The van der Waals surface area contributed by atoms with Crippen molar-refractivity contribution in [3.63, 3.8) is 0 Å². The molecule has 3 rings (SSSR count). The van der Waals surface area contributed by atoms with Crippen LogP contribution in [0.2, 0.25) is 0 Å². The lowest BCUT2D eigenvalue weighted by Crippen LogP contribution is -2.01. The fourth-order valence-electron chi connectivity index (χ4n) is 1.82. The van der Waals surface area contributed by atoms with Gasteiger partial charge in [0.2, 0.25) is 5.95 Å². The van der Waals surface area contributed by atoms with E-state index in [2.05, 4.69) is 14.5 Å². The van der Waals surface area contributed by atoms with Crippen LogP contribution in [0.5, 0.6) is 0 Å². The molecule has 2 N–H and O–H groups in total. The van der Waals surface area contributed by atoms with E-state index in [-0.39, 0.29) is 0 Å². The summed E-state index contributed by atoms with van der Waals surface area (Å²) in [6.45, 7) is 2.04. The van der Waals surface area contributed by atoms with Gasteiger partial charge in [0.05, 0.1) is 0 Å². The van der Waals surface area contributed by atoms with Crippen molar-refractivity contribution in [1.82, 2.24) is 14.5 Å². The largest absolute Gasteiger partial charge is 0.369 e. The van der Waals surface area contributed by atoms with Gasteiger partial charge in [-0.2, -0.15) is 0 Å². The normalized spacial score (nSPS) is 16.4. The number of rotatable bonds is 1. The van der Waals surface area contributed by atoms with Gasteiger partial charge in [-0.1, -0.05) is 0 Å². The molecule has 0 aromatic carbocycles. The van der Waals surface area contributed by atoms with E-state index in [1.807, 2.05) is 19.2 Å². The van der Waals surface area contributed by atoms with Gasteiger partial charge >= 0.3 is 0 Å². The molecule has 4 nitrogen and oxygen atoms in total. The molecule has 72 valence electrons. The molecule has 0 saturated heterocycles. The maximum Gasteiger partial charge on any atom is 0.202 e. The first-order valence-electron chi connectivity index (χ1n) is 4.86. The van der Waals surface area contributed by atoms with Crippen molar-refractivity contribution in [1.29, 1.82) is 0 Å². The van der Waals surface area contributed by atoms with Gasteiger partial charge in [-0.3, -0.25) is 4.57 Å². The summed E-state index contributed by atoms with van der Waals surface area (Å²) in [5.41, 5.74) is 8.89. The summed E-state index contributed by atoms with van der Waals surface area (Å²) in [4.78, 5) is 8.70. The summed E-state index contributed by atoms with van der Waals surface area (Å²) in [5.74, 6) is 0.601. The lowest BCUT2D eigenvalue weighted by Gasteiger charge is -2.01. The molecule has 2 aromatic heterocycles. The highest BCUT2D eigenvalue weighted by atomic mass is 15.2. The summed E-state index contributed by atoms with van der Waals surface area (Å²) in [6.07, 6.45) is 4.22. The van der Waals surface area contributed by atoms with Gasteiger partial charge in [0, 0.05) is 12.2 Å². The Bertz CT molecular complexity index is 496. The maximum absolute atomic E-state index is 5.88. The zero-order valence-electron chi connectivity index (χ0n) is 8.07. The van der Waals surface area contributed by atoms with E-state index in [0.717, 1.165) is 16.7 Å². The van der Waals surface area contributed by atoms with E-state index < -0.39 is 0 Å². The maximum atomic E-state index is 5.88. The molecule has 2 aromatic rings. The van der Waals surface area contributed by atoms with Crippen LogP contribution in [-0.2, 0) is 0 Å². The highest BCUT2D eigenvalue weighted by molar-refractivity contribution is 5.77. The average Bonchev–Trinajstić information content (AvgIpc) is 2.91. The lowest BCUT2D eigenvalue weighted by molar-refractivity contribution is 0.770. The van der Waals surface area contributed by atoms with Gasteiger partial charge in [0.25, 0.3) is 0 Å². The minimum Gasteiger partial charge on any atom is -0.369 e. The SMILES string of the molecule is Cc1ccnc2c1nc(N)n2C1CC1. The van der Waals surface area contributed by atoms with Crippen LogP contribution >= 0.6 is 0 Å². The number of nitrogen functional groups attached to an aromatic ring is 1. The third-order valence-electron chi connectivity index (χ3n) is 2.72. The molecule has 1 aliphatic carbocycles. The first kappa shape index (κ1) is 7.79. The zero-order chi connectivity index (χ0) is 9.71. The molecule has 0 unspecified atom stereocenters. The number of hydrogen-bond donors (Lipinski definition) is 1. The molecule has 1 aliphatic rings. The number of hydrogen-bond acceptors (Lipinski definition) is 3. The first-order valence-corrected chi connectivity index (χ1v) is 4.86. The number of pyridine rings is 1. The van der Waals surface area contributed by atoms with Crippen LogP contribution in [-0.4, -0.2) is 14.5 Å². The Labute approximate surface area is 81.8 Å². The minimum absolute atomic E-state index is 0.536. The van der Waals surface area contributed by atoms with E-state index in [1.54, 1.807) is 0 Å². The topological polar surface area (TPSA) is 56.7 Å². The fraction of sp³-hybridized carbons (Fsp3) is 0.400. The molecule has 0 aliphatic heterocycles. The Hall–Kier alpha value is -1.58. The Morgan fingerprint density at radius 1 is 1.50 bits per heavy atom. The highest BCUT2D eigenvalue weighted by Gasteiger charge is 2.28. The highest BCUT2D eigenvalue weighted by Crippen LogP contribution is 2.39. The fourth-order valence-corrected chi connectivity index (χ4v) is 1.82. The molecule has 14 heavy (non-hydrogen) atoms. The van der Waals surface area contributed by atoms with E-state index in [1.165, 1.54) is 12.8 Å². The van der Waals surface area contributed by atoms with Gasteiger partial charge in [0.15, 0.2) is 5.65 Å². The van der Waals surface area contributed by atoms with Crippen LogP contribution in [0.4, 0.5) is 5.95 Å². The molecule has 0 spiro atoms. The van der Waals surface area contributed by atoms with Crippen LogP contribution in [0.1, 0.15) is 24.4 Å². The standard InChI is InChI=1S/C10H12N4/c1-6-4-5-12-9-8(6)13-10(11)14(9)7-2-3-7/h4-5,7H,2-3H2,1H3,(H2,11,13). The first-order chi connectivity index (χ1) is 6.77. The molecule has 1 saturated carbocycles. The number of nitrogens with zero attached hydrogens (tertiary/aromatic N) is 3. The van der Waals surface area contributed by atoms with Crippen molar-refractivity contribution in [2.24, 2.45) is 0 Å². The number of anilines is 1. The summed E-state index contributed by atoms with van der Waals surface area (Å²) < 4.78 is 2.06. The third kappa shape index (κ3) is 0.937. The Morgan fingerprint density at radius 2 is 2.29 bits per heavy atom. The molecule has 1 fully saturated rings.